The molecule has 0 spiro atoms. The maximum atomic E-state index is 12.0. The van der Waals surface area contributed by atoms with Crippen molar-refractivity contribution in [1.82, 2.24) is 15.5 Å². The fourth-order valence-electron chi connectivity index (χ4n) is 2.84. The first-order valence-corrected chi connectivity index (χ1v) is 8.68. The third kappa shape index (κ3) is 6.72. The monoisotopic (exact) mass is 362 g/mol. The van der Waals surface area contributed by atoms with Crippen LogP contribution in [-0.2, 0) is 9.59 Å². The van der Waals surface area contributed by atoms with Crippen LogP contribution in [0, 0.1) is 5.92 Å². The van der Waals surface area contributed by atoms with Crippen molar-refractivity contribution < 1.29 is 19.1 Å². The van der Waals surface area contributed by atoms with E-state index in [9.17, 15) is 14.4 Å². The number of rotatable bonds is 6. The summed E-state index contributed by atoms with van der Waals surface area (Å²) in [6, 6.07) is 6.29. The molecule has 0 unspecified atom stereocenters. The lowest BCUT2D eigenvalue weighted by Gasteiger charge is -2.31. The predicted molar refractivity (Wildman–Crippen MR) is 98.0 cm³/mol. The minimum absolute atomic E-state index is 0.0188. The first-order valence-electron chi connectivity index (χ1n) is 8.68. The van der Waals surface area contributed by atoms with Crippen LogP contribution in [0.3, 0.4) is 0 Å². The number of hydrogen-bond donors (Lipinski definition) is 3. The van der Waals surface area contributed by atoms with Crippen LogP contribution in [0.1, 0.15) is 19.8 Å². The molecule has 1 heterocycles. The second-order valence-corrected chi connectivity index (χ2v) is 6.39. The van der Waals surface area contributed by atoms with Crippen LogP contribution in [-0.4, -0.2) is 56.0 Å². The molecule has 0 saturated carbocycles. The van der Waals surface area contributed by atoms with Crippen LogP contribution in [0.4, 0.5) is 10.5 Å². The molecule has 1 aliphatic heterocycles. The first-order chi connectivity index (χ1) is 12.5. The molecule has 26 heavy (non-hydrogen) atoms. The molecule has 0 radical (unpaired) electrons. The molecule has 0 atom stereocenters. The van der Waals surface area contributed by atoms with Crippen LogP contribution in [0.25, 0.3) is 0 Å². The van der Waals surface area contributed by atoms with Gasteiger partial charge in [0.2, 0.25) is 11.8 Å². The molecule has 2 rings (SSSR count). The average molecular weight is 362 g/mol. The molecule has 1 aromatic carbocycles. The summed E-state index contributed by atoms with van der Waals surface area (Å²) in [6.07, 6.45) is 1.84. The number of urea groups is 1. The van der Waals surface area contributed by atoms with Gasteiger partial charge in [-0.05, 0) is 56.1 Å². The van der Waals surface area contributed by atoms with Gasteiger partial charge >= 0.3 is 6.03 Å². The summed E-state index contributed by atoms with van der Waals surface area (Å²) in [5, 5.41) is 7.78. The van der Waals surface area contributed by atoms with Crippen molar-refractivity contribution in [3.63, 3.8) is 0 Å². The summed E-state index contributed by atoms with van der Waals surface area (Å²) in [6.45, 7) is 3.93. The normalized spacial score (nSPS) is 15.2. The number of imide groups is 1. The van der Waals surface area contributed by atoms with Gasteiger partial charge in [-0.1, -0.05) is 0 Å². The molecule has 0 aliphatic carbocycles. The Hall–Kier alpha value is -2.61. The topological polar surface area (TPSA) is 99.8 Å². The summed E-state index contributed by atoms with van der Waals surface area (Å²) in [5.41, 5.74) is 0.579. The van der Waals surface area contributed by atoms with Crippen LogP contribution >= 0.6 is 0 Å². The molecule has 1 saturated heterocycles. The van der Waals surface area contributed by atoms with Gasteiger partial charge in [0.05, 0.1) is 13.7 Å². The van der Waals surface area contributed by atoms with Gasteiger partial charge in [-0.3, -0.25) is 19.8 Å². The third-order valence-electron chi connectivity index (χ3n) is 4.31. The number of nitrogens with zero attached hydrogens (tertiary/aromatic N) is 1. The molecular weight excluding hydrogens is 336 g/mol. The molecule has 0 aromatic heterocycles. The molecular formula is C18H26N4O4. The SMILES string of the molecule is COc1ccc(NC(=O)NC(=O)CN2CCC(CNC(C)=O)CC2)cc1. The minimum Gasteiger partial charge on any atom is -0.497 e. The highest BCUT2D eigenvalue weighted by atomic mass is 16.5. The lowest BCUT2D eigenvalue weighted by molar-refractivity contribution is -0.121. The number of piperidine rings is 1. The largest absolute Gasteiger partial charge is 0.497 e. The number of benzene rings is 1. The lowest BCUT2D eigenvalue weighted by atomic mass is 9.97. The van der Waals surface area contributed by atoms with E-state index in [-0.39, 0.29) is 18.4 Å². The summed E-state index contributed by atoms with van der Waals surface area (Å²) in [7, 11) is 1.57. The van der Waals surface area contributed by atoms with E-state index in [1.165, 1.54) is 6.92 Å². The van der Waals surface area contributed by atoms with Gasteiger partial charge in [-0.2, -0.15) is 0 Å². The molecule has 4 amide bonds. The van der Waals surface area contributed by atoms with Crippen LogP contribution < -0.4 is 20.7 Å². The Morgan fingerprint density at radius 3 is 2.38 bits per heavy atom. The summed E-state index contributed by atoms with van der Waals surface area (Å²) in [5.74, 6) is 0.775. The predicted octanol–water partition coefficient (Wildman–Crippen LogP) is 1.19. The summed E-state index contributed by atoms with van der Waals surface area (Å²) >= 11 is 0. The van der Waals surface area contributed by atoms with E-state index in [0.717, 1.165) is 25.9 Å². The van der Waals surface area contributed by atoms with E-state index in [0.29, 0.717) is 23.9 Å². The van der Waals surface area contributed by atoms with E-state index in [1.807, 2.05) is 4.90 Å². The van der Waals surface area contributed by atoms with Gasteiger partial charge in [-0.25, -0.2) is 4.79 Å². The molecule has 0 bridgehead atoms. The summed E-state index contributed by atoms with van der Waals surface area (Å²) < 4.78 is 5.05. The molecule has 1 aliphatic rings. The molecule has 1 aromatic rings. The fourth-order valence-corrected chi connectivity index (χ4v) is 2.84. The second-order valence-electron chi connectivity index (χ2n) is 6.39. The van der Waals surface area contributed by atoms with Crippen LogP contribution in [0.15, 0.2) is 24.3 Å². The Morgan fingerprint density at radius 1 is 1.15 bits per heavy atom. The fraction of sp³-hybridized carbons (Fsp3) is 0.500. The number of carbonyl (C=O) groups is 3. The number of likely N-dealkylation sites (tertiary alicyclic amines) is 1. The Kier molecular flexibility index (Phi) is 7.40. The van der Waals surface area contributed by atoms with Crippen LogP contribution in [0.2, 0.25) is 0 Å². The Morgan fingerprint density at radius 2 is 1.81 bits per heavy atom. The standard InChI is InChI=1S/C18H26N4O4/c1-13(23)19-11-14-7-9-22(10-8-14)12-17(24)21-18(25)20-15-3-5-16(26-2)6-4-15/h3-6,14H,7-12H2,1-2H3,(H,19,23)(H2,20,21,24,25). The maximum Gasteiger partial charge on any atom is 0.325 e. The number of carbonyl (C=O) groups excluding carboxylic acids is 3. The number of methoxy groups -OCH3 is 1. The number of hydrogen-bond acceptors (Lipinski definition) is 5. The van der Waals surface area contributed by atoms with Gasteiger partial charge in [0.15, 0.2) is 0 Å². The van der Waals surface area contributed by atoms with E-state index in [2.05, 4.69) is 16.0 Å². The number of anilines is 1. The molecule has 8 nitrogen and oxygen atoms in total. The van der Waals surface area contributed by atoms with Gasteiger partial charge in [0.25, 0.3) is 0 Å². The highest BCUT2D eigenvalue weighted by Crippen LogP contribution is 2.16. The average Bonchev–Trinajstić information content (AvgIpc) is 2.61. The van der Waals surface area contributed by atoms with E-state index in [1.54, 1.807) is 31.4 Å². The highest BCUT2D eigenvalue weighted by Gasteiger charge is 2.21. The van der Waals surface area contributed by atoms with Crippen molar-refractivity contribution in [3.8, 4) is 5.75 Å². The third-order valence-corrected chi connectivity index (χ3v) is 4.31. The summed E-state index contributed by atoms with van der Waals surface area (Å²) in [4.78, 5) is 36.9. The second kappa shape index (κ2) is 9.76. The van der Waals surface area contributed by atoms with Crippen molar-refractivity contribution >= 4 is 23.5 Å². The van der Waals surface area contributed by atoms with E-state index in [4.69, 9.17) is 4.74 Å². The maximum absolute atomic E-state index is 12.0. The zero-order valence-electron chi connectivity index (χ0n) is 15.2. The number of amides is 4. The van der Waals surface area contributed by atoms with Gasteiger partial charge in [0.1, 0.15) is 5.75 Å². The Bertz CT molecular complexity index is 625. The van der Waals surface area contributed by atoms with Gasteiger partial charge < -0.3 is 15.4 Å². The van der Waals surface area contributed by atoms with Crippen molar-refractivity contribution in [2.45, 2.75) is 19.8 Å². The van der Waals surface area contributed by atoms with Gasteiger partial charge in [0, 0.05) is 19.2 Å². The number of ether oxygens (including phenoxy) is 1. The smallest absolute Gasteiger partial charge is 0.325 e. The molecule has 8 heteroatoms. The van der Waals surface area contributed by atoms with Crippen molar-refractivity contribution in [1.29, 1.82) is 0 Å². The quantitative estimate of drug-likeness (QED) is 0.706. The molecule has 1 fully saturated rings. The van der Waals surface area contributed by atoms with E-state index < -0.39 is 6.03 Å². The van der Waals surface area contributed by atoms with Crippen molar-refractivity contribution in [3.05, 3.63) is 24.3 Å². The van der Waals surface area contributed by atoms with E-state index >= 15 is 0 Å². The minimum atomic E-state index is -0.555. The Balaban J connectivity index is 1.68. The molecule has 3 N–H and O–H groups in total. The van der Waals surface area contributed by atoms with Crippen molar-refractivity contribution in [2.75, 3.05) is 38.6 Å². The first kappa shape index (κ1) is 19.7. The molecule has 142 valence electrons. The zero-order valence-corrected chi connectivity index (χ0v) is 15.2. The van der Waals surface area contributed by atoms with Crippen molar-refractivity contribution in [2.24, 2.45) is 5.92 Å². The van der Waals surface area contributed by atoms with Gasteiger partial charge in [-0.15, -0.1) is 0 Å². The number of nitrogens with one attached hydrogen (secondary N) is 3. The lowest BCUT2D eigenvalue weighted by Crippen LogP contribution is -2.45. The Labute approximate surface area is 153 Å². The van der Waals surface area contributed by atoms with Crippen LogP contribution in [0.5, 0.6) is 5.75 Å². The highest BCUT2D eigenvalue weighted by molar-refractivity contribution is 6.01. The zero-order chi connectivity index (χ0) is 18.9.